The summed E-state index contributed by atoms with van der Waals surface area (Å²) in [4.78, 5) is 32.8. The van der Waals surface area contributed by atoms with E-state index in [1.165, 1.54) is 33.4 Å². The van der Waals surface area contributed by atoms with Gasteiger partial charge in [-0.2, -0.15) is 12.6 Å². The van der Waals surface area contributed by atoms with Crippen LogP contribution in [0.3, 0.4) is 0 Å². The number of nitrogens with zero attached hydrogens (tertiary/aromatic N) is 2. The summed E-state index contributed by atoms with van der Waals surface area (Å²) in [6, 6.07) is 38.6. The van der Waals surface area contributed by atoms with Gasteiger partial charge in [-0.05, 0) is 167 Å². The van der Waals surface area contributed by atoms with Crippen LogP contribution in [-0.2, 0) is 37.3 Å². The van der Waals surface area contributed by atoms with Crippen molar-refractivity contribution in [1.82, 2.24) is 19.9 Å². The number of carbonyl (C=O) groups is 1. The Balaban J connectivity index is 1.46. The van der Waals surface area contributed by atoms with Crippen molar-refractivity contribution >= 4 is 70.6 Å². The first kappa shape index (κ1) is 58.9. The van der Waals surface area contributed by atoms with Gasteiger partial charge in [-0.1, -0.05) is 198 Å². The number of aromatic amines is 2. The molecule has 3 N–H and O–H groups in total. The van der Waals surface area contributed by atoms with Crippen molar-refractivity contribution in [1.29, 1.82) is 0 Å². The van der Waals surface area contributed by atoms with Crippen LogP contribution in [0, 0.1) is 0 Å². The molecule has 0 saturated heterocycles. The Bertz CT molecular complexity index is 3610. The summed E-state index contributed by atoms with van der Waals surface area (Å²) in [5.41, 5.74) is 23.3. The molecule has 1 amide bonds. The fraction of sp³-hybridized carbons (Fsp3) is 0.392. The Hall–Kier alpha value is -6.70. The van der Waals surface area contributed by atoms with Crippen molar-refractivity contribution in [3.63, 3.8) is 0 Å². The number of thiol groups is 1. The lowest BCUT2D eigenvalue weighted by atomic mass is 9.78. The maximum Gasteiger partial charge on any atom is 0.224 e. The highest BCUT2D eigenvalue weighted by Gasteiger charge is 2.28. The van der Waals surface area contributed by atoms with Crippen molar-refractivity contribution in [3.05, 3.63) is 159 Å². The minimum absolute atomic E-state index is 0.0200. The maximum atomic E-state index is 13.2. The van der Waals surface area contributed by atoms with E-state index in [-0.39, 0.29) is 38.4 Å². The third kappa shape index (κ3) is 13.0. The molecule has 0 unspecified atom stereocenters. The van der Waals surface area contributed by atoms with Crippen LogP contribution in [-0.4, -0.2) is 31.6 Å². The Kier molecular flexibility index (Phi) is 15.9. The van der Waals surface area contributed by atoms with Gasteiger partial charge in [0.15, 0.2) is 0 Å². The number of carbonyl (C=O) groups excluding carboxylic acids is 1. The molecule has 3 aromatic heterocycles. The smallest absolute Gasteiger partial charge is 0.224 e. The minimum Gasteiger partial charge on any atom is -0.354 e. The minimum atomic E-state index is -0.117. The van der Waals surface area contributed by atoms with E-state index in [0.717, 1.165) is 120 Å². The molecule has 0 aliphatic carbocycles. The standard InChI is InChI=1S/C74H89N5OS/c1-69(2,3)49-36-46(37-50(42-49)70(4,5)6)66-58-29-27-56(76-58)65(45-23-25-55(26-24-45)75-64(80)22-20-19-21-35-81)57-28-30-59(77-57)67(47-38-51(71(7,8)9)43-52(39-47)72(10,11)12)61-32-34-63(79-61)68(62-33-31-60(66)78-62)48-40-53(73(13,14)15)44-54(41-48)74(16,17)18/h23-34,36-44,76,79,81H,19-22,35H2,1-18H3,(H,75,80). The van der Waals surface area contributed by atoms with Crippen LogP contribution in [0.5, 0.6) is 0 Å². The Morgan fingerprint density at radius 1 is 0.383 bits per heavy atom. The number of rotatable bonds is 10. The number of hydrogen-bond donors (Lipinski definition) is 4. The largest absolute Gasteiger partial charge is 0.354 e. The van der Waals surface area contributed by atoms with Gasteiger partial charge in [-0.3, -0.25) is 4.79 Å². The monoisotopic (exact) mass is 1100 g/mol. The Labute approximate surface area is 490 Å². The average molecular weight is 1100 g/mol. The van der Waals surface area contributed by atoms with Crippen molar-refractivity contribution in [2.75, 3.05) is 11.1 Å². The van der Waals surface area contributed by atoms with Gasteiger partial charge in [0.2, 0.25) is 5.91 Å². The number of H-pyrrole nitrogens is 2. The molecule has 2 aliphatic heterocycles. The number of anilines is 1. The molecule has 7 heteroatoms. The molecule has 9 rings (SSSR count). The van der Waals surface area contributed by atoms with Crippen LogP contribution < -0.4 is 5.32 Å². The molecule has 6 nitrogen and oxygen atoms in total. The molecule has 0 spiro atoms. The van der Waals surface area contributed by atoms with Crippen LogP contribution in [0.2, 0.25) is 0 Å². The summed E-state index contributed by atoms with van der Waals surface area (Å²) in [6.45, 7) is 41.5. The summed E-state index contributed by atoms with van der Waals surface area (Å²) in [6.07, 6.45) is 12.1. The van der Waals surface area contributed by atoms with E-state index in [2.05, 4.69) is 268 Å². The van der Waals surface area contributed by atoms with Gasteiger partial charge in [0.1, 0.15) is 0 Å². The lowest BCUT2D eigenvalue weighted by Gasteiger charge is -2.26. The molecule has 0 fully saturated rings. The summed E-state index contributed by atoms with van der Waals surface area (Å²) in [5, 5.41) is 3.16. The van der Waals surface area contributed by atoms with Gasteiger partial charge in [-0.15, -0.1) is 0 Å². The van der Waals surface area contributed by atoms with Gasteiger partial charge in [0.05, 0.1) is 22.8 Å². The van der Waals surface area contributed by atoms with E-state index in [4.69, 9.17) is 9.97 Å². The van der Waals surface area contributed by atoms with Crippen LogP contribution in [0.4, 0.5) is 5.69 Å². The number of amides is 1. The Morgan fingerprint density at radius 2 is 0.667 bits per heavy atom. The third-order valence-corrected chi connectivity index (χ3v) is 16.5. The SMILES string of the molecule is CC(C)(C)c1cc(-c2c3nc(c(-c4cc(C(C)(C)C)cc(C(C)(C)C)c4)c4ccc([nH]4)c(-c4cc(C(C)(C)C)cc(C(C)(C)C)c4)c4nc(c(-c5ccc(NC(=O)CCCCCS)cc5)c5ccc2[nH]5)C=C4)C=C3)cc(C(C)(C)C)c1. The summed E-state index contributed by atoms with van der Waals surface area (Å²) >= 11 is 4.36. The molecule has 422 valence electrons. The zero-order valence-corrected chi connectivity index (χ0v) is 52.8. The number of benzene rings is 4. The highest BCUT2D eigenvalue weighted by atomic mass is 32.1. The molecule has 2 aliphatic rings. The second-order valence-corrected chi connectivity index (χ2v) is 29.5. The summed E-state index contributed by atoms with van der Waals surface area (Å²) in [7, 11) is 0. The van der Waals surface area contributed by atoms with E-state index in [0.29, 0.717) is 6.42 Å². The predicted octanol–water partition coefficient (Wildman–Crippen LogP) is 20.5. The van der Waals surface area contributed by atoms with E-state index < -0.39 is 0 Å². The summed E-state index contributed by atoms with van der Waals surface area (Å²) in [5.74, 6) is 0.851. The number of unbranched alkanes of at least 4 members (excludes halogenated alkanes) is 2. The average Bonchev–Trinajstić information content (AvgIpc) is 4.27. The molecule has 0 radical (unpaired) electrons. The lowest BCUT2D eigenvalue weighted by molar-refractivity contribution is -0.116. The van der Waals surface area contributed by atoms with Gasteiger partial charge < -0.3 is 15.3 Å². The Morgan fingerprint density at radius 3 is 0.938 bits per heavy atom. The van der Waals surface area contributed by atoms with Gasteiger partial charge in [0.25, 0.3) is 0 Å². The summed E-state index contributed by atoms with van der Waals surface area (Å²) < 4.78 is 0. The van der Waals surface area contributed by atoms with Gasteiger partial charge in [0, 0.05) is 56.4 Å². The molecular weight excluding hydrogens is 1010 g/mol. The molecule has 8 bridgehead atoms. The first-order chi connectivity index (χ1) is 37.8. The second kappa shape index (κ2) is 21.9. The van der Waals surface area contributed by atoms with Crippen LogP contribution in [0.15, 0.2) is 103 Å². The molecule has 4 aromatic carbocycles. The molecule has 0 saturated carbocycles. The molecular formula is C74H89N5OS. The van der Waals surface area contributed by atoms with E-state index in [9.17, 15) is 4.79 Å². The van der Waals surface area contributed by atoms with Crippen LogP contribution in [0.1, 0.15) is 206 Å². The normalized spacial score (nSPS) is 13.3. The predicted molar refractivity (Wildman–Crippen MR) is 354 cm³/mol. The molecule has 5 heterocycles. The second-order valence-electron chi connectivity index (χ2n) is 29.1. The highest BCUT2D eigenvalue weighted by molar-refractivity contribution is 7.80. The van der Waals surface area contributed by atoms with Crippen molar-refractivity contribution in [3.8, 4) is 44.5 Å². The van der Waals surface area contributed by atoms with Crippen LogP contribution in [0.25, 0.3) is 90.9 Å². The van der Waals surface area contributed by atoms with Gasteiger partial charge >= 0.3 is 0 Å². The number of hydrogen-bond acceptors (Lipinski definition) is 4. The van der Waals surface area contributed by atoms with Crippen molar-refractivity contribution in [2.24, 2.45) is 0 Å². The number of fused-ring (bicyclic) bond motifs is 8. The molecule has 81 heavy (non-hydrogen) atoms. The molecule has 7 aromatic rings. The maximum absolute atomic E-state index is 13.2. The van der Waals surface area contributed by atoms with E-state index in [1.807, 2.05) is 12.1 Å². The zero-order valence-electron chi connectivity index (χ0n) is 51.9. The first-order valence-electron chi connectivity index (χ1n) is 29.4. The van der Waals surface area contributed by atoms with Crippen molar-refractivity contribution in [2.45, 2.75) is 183 Å². The zero-order chi connectivity index (χ0) is 58.8. The fourth-order valence-electron chi connectivity index (χ4n) is 10.9. The van der Waals surface area contributed by atoms with Crippen molar-refractivity contribution < 1.29 is 4.79 Å². The highest BCUT2D eigenvalue weighted by Crippen LogP contribution is 2.44. The lowest BCUT2D eigenvalue weighted by Crippen LogP contribution is -2.16. The quantitative estimate of drug-likeness (QED) is 0.0813. The first-order valence-corrected chi connectivity index (χ1v) is 30.1. The number of aromatic nitrogens is 4. The van der Waals surface area contributed by atoms with Crippen LogP contribution >= 0.6 is 12.6 Å². The van der Waals surface area contributed by atoms with Gasteiger partial charge in [-0.25, -0.2) is 9.97 Å². The van der Waals surface area contributed by atoms with E-state index in [1.54, 1.807) is 0 Å². The topological polar surface area (TPSA) is 86.5 Å². The third-order valence-electron chi connectivity index (χ3n) is 16.1. The number of nitrogens with one attached hydrogen (secondary N) is 3. The fourth-order valence-corrected chi connectivity index (χ4v) is 11.1. The molecule has 0 atom stereocenters. The van der Waals surface area contributed by atoms with E-state index >= 15 is 0 Å².